The molecule has 0 aliphatic carbocycles. The summed E-state index contributed by atoms with van der Waals surface area (Å²) in [5.74, 6) is 0.104. The van der Waals surface area contributed by atoms with Crippen LogP contribution in [-0.2, 0) is 15.6 Å². The van der Waals surface area contributed by atoms with Crippen molar-refractivity contribution in [2.75, 3.05) is 0 Å². The normalized spacial score (nSPS) is 11.6. The van der Waals surface area contributed by atoms with Crippen molar-refractivity contribution in [1.82, 2.24) is 0 Å². The van der Waals surface area contributed by atoms with Crippen molar-refractivity contribution in [3.8, 4) is 0 Å². The molecule has 0 aromatic heterocycles. The van der Waals surface area contributed by atoms with Crippen LogP contribution >= 0.6 is 47.8 Å². The fourth-order valence-electron chi connectivity index (χ4n) is 3.22. The van der Waals surface area contributed by atoms with E-state index in [0.717, 1.165) is 24.5 Å². The molecular weight excluding hydrogens is 664 g/mol. The Bertz CT molecular complexity index is 1080. The van der Waals surface area contributed by atoms with Crippen LogP contribution in [0.4, 0.5) is 0 Å². The summed E-state index contributed by atoms with van der Waals surface area (Å²) in [5.41, 5.74) is 1.99. The van der Waals surface area contributed by atoms with E-state index < -0.39 is 13.9 Å². The third-order valence-corrected chi connectivity index (χ3v) is 7.61. The van der Waals surface area contributed by atoms with Crippen LogP contribution in [0.25, 0.3) is 0 Å². The van der Waals surface area contributed by atoms with Crippen molar-refractivity contribution in [3.63, 3.8) is 0 Å². The van der Waals surface area contributed by atoms with Gasteiger partial charge in [0.1, 0.15) is 0 Å². The lowest BCUT2D eigenvalue weighted by molar-refractivity contribution is 0.0785. The number of Topliss-reactive ketones (excluding diaryl/α,β-unsaturated/α-hetero) is 1. The van der Waals surface area contributed by atoms with E-state index in [0.29, 0.717) is 0 Å². The van der Waals surface area contributed by atoms with Crippen LogP contribution in [0.15, 0.2) is 86.2 Å². The molecule has 3 aromatic rings. The van der Waals surface area contributed by atoms with Gasteiger partial charge in [0, 0.05) is 19.0 Å². The highest BCUT2D eigenvalue weighted by Crippen LogP contribution is 2.29. The molecule has 0 bridgehead atoms. The van der Waals surface area contributed by atoms with Gasteiger partial charge in [0.25, 0.3) is 0 Å². The highest BCUT2D eigenvalue weighted by Gasteiger charge is 2.28. The van der Waals surface area contributed by atoms with E-state index in [2.05, 4.69) is 106 Å². The van der Waals surface area contributed by atoms with Gasteiger partial charge < -0.3 is 9.53 Å². The lowest BCUT2D eigenvalue weighted by atomic mass is 9.99. The van der Waals surface area contributed by atoms with Crippen molar-refractivity contribution in [2.24, 2.45) is 0 Å². The smallest absolute Gasteiger partial charge is 0.184 e. The zero-order chi connectivity index (χ0) is 27.7. The number of hydrogen-bond donors (Lipinski definition) is 1. The predicted molar refractivity (Wildman–Crippen MR) is 165 cm³/mol. The molecule has 0 fully saturated rings. The maximum atomic E-state index is 10.7. The Hall–Kier alpha value is -1.09. The van der Waals surface area contributed by atoms with Crippen LogP contribution in [0, 0.1) is 0 Å². The summed E-state index contributed by atoms with van der Waals surface area (Å²) in [6.45, 7) is 16.0. The summed E-state index contributed by atoms with van der Waals surface area (Å²) in [4.78, 5) is 10.7. The van der Waals surface area contributed by atoms with Crippen molar-refractivity contribution in [3.05, 3.63) is 103 Å². The minimum absolute atomic E-state index is 0.104. The van der Waals surface area contributed by atoms with E-state index in [1.807, 2.05) is 36.4 Å². The SMILES string of the molecule is CC(=O)c1ccc(Br)cc1.CC(C)(O)c1ccc(Br)cc1.CC(C)(O[Si](C)(C)C)c1ccc(Br)cc1. The first-order valence-electron chi connectivity index (χ1n) is 11.6. The fraction of sp³-hybridized carbons (Fsp3) is 0.345. The first-order chi connectivity index (χ1) is 16.4. The summed E-state index contributed by atoms with van der Waals surface area (Å²) in [6, 6.07) is 23.3. The van der Waals surface area contributed by atoms with E-state index in [4.69, 9.17) is 4.43 Å². The number of aliphatic hydroxyl groups is 1. The molecule has 0 spiro atoms. The molecule has 0 radical (unpaired) electrons. The van der Waals surface area contributed by atoms with E-state index in [9.17, 15) is 9.90 Å². The number of carbonyl (C=O) groups is 1. The summed E-state index contributed by atoms with van der Waals surface area (Å²) in [6.07, 6.45) is 0. The molecule has 3 aromatic carbocycles. The molecule has 0 atom stereocenters. The molecule has 0 aliphatic heterocycles. The number of carbonyl (C=O) groups excluding carboxylic acids is 1. The van der Waals surface area contributed by atoms with Crippen LogP contribution in [0.3, 0.4) is 0 Å². The van der Waals surface area contributed by atoms with Gasteiger partial charge in [0.15, 0.2) is 14.1 Å². The monoisotopic (exact) mass is 698 g/mol. The molecule has 0 saturated heterocycles. The van der Waals surface area contributed by atoms with Crippen molar-refractivity contribution < 1.29 is 14.3 Å². The first kappa shape index (κ1) is 32.9. The van der Waals surface area contributed by atoms with Crippen LogP contribution < -0.4 is 0 Å². The second kappa shape index (κ2) is 14.2. The molecule has 3 rings (SSSR count). The second-order valence-electron chi connectivity index (χ2n) is 10.4. The summed E-state index contributed by atoms with van der Waals surface area (Å²) in [5, 5.41) is 9.56. The molecule has 0 amide bonds. The average Bonchev–Trinajstić information content (AvgIpc) is 2.73. The van der Waals surface area contributed by atoms with Gasteiger partial charge >= 0.3 is 0 Å². The van der Waals surface area contributed by atoms with E-state index in [1.54, 1.807) is 32.9 Å². The zero-order valence-corrected chi connectivity index (χ0v) is 28.1. The van der Waals surface area contributed by atoms with Gasteiger partial charge in [0.05, 0.1) is 11.2 Å². The topological polar surface area (TPSA) is 46.5 Å². The molecule has 0 unspecified atom stereocenters. The lowest BCUT2D eigenvalue weighted by Crippen LogP contribution is -2.36. The van der Waals surface area contributed by atoms with Crippen molar-refractivity contribution >= 4 is 61.9 Å². The minimum Gasteiger partial charge on any atom is -0.409 e. The maximum absolute atomic E-state index is 10.7. The number of ketones is 1. The molecule has 3 nitrogen and oxygen atoms in total. The van der Waals surface area contributed by atoms with E-state index in [-0.39, 0.29) is 11.4 Å². The Balaban J connectivity index is 0.000000277. The number of halogens is 3. The Morgan fingerprint density at radius 1 is 0.694 bits per heavy atom. The second-order valence-corrected chi connectivity index (χ2v) is 17.5. The third kappa shape index (κ3) is 12.9. The Labute approximate surface area is 243 Å². The molecule has 1 N–H and O–H groups in total. The molecule has 7 heteroatoms. The summed E-state index contributed by atoms with van der Waals surface area (Å²) < 4.78 is 9.31. The maximum Gasteiger partial charge on any atom is 0.184 e. The number of hydrogen-bond acceptors (Lipinski definition) is 3. The number of rotatable bonds is 5. The van der Waals surface area contributed by atoms with Gasteiger partial charge in [-0.25, -0.2) is 0 Å². The van der Waals surface area contributed by atoms with Crippen LogP contribution in [0.5, 0.6) is 0 Å². The highest BCUT2D eigenvalue weighted by atomic mass is 79.9. The lowest BCUT2D eigenvalue weighted by Gasteiger charge is -2.33. The predicted octanol–water partition coefficient (Wildman–Crippen LogP) is 9.86. The standard InChI is InChI=1S/C12H19BrOSi.C9H11BrO.C8H7BrO/c1-12(2,14-15(3,4)5)10-6-8-11(13)9-7-10;1-9(2,11)7-3-5-8(10)6-4-7;1-6(10)7-2-4-8(9)5-3-7/h6-9H,1-5H3;3-6,11H,1-2H3;2-5H,1H3. The Morgan fingerprint density at radius 2 is 1.03 bits per heavy atom. The van der Waals surface area contributed by atoms with E-state index in [1.165, 1.54) is 5.56 Å². The van der Waals surface area contributed by atoms with Crippen molar-refractivity contribution in [1.29, 1.82) is 0 Å². The molecular formula is C29H37Br3O3Si. The molecule has 0 saturated carbocycles. The minimum atomic E-state index is -1.50. The quantitative estimate of drug-likeness (QED) is 0.213. The molecule has 0 aliphatic rings. The Morgan fingerprint density at radius 3 is 1.33 bits per heavy atom. The Kier molecular flexibility index (Phi) is 13.0. The van der Waals surface area contributed by atoms with Crippen LogP contribution in [0.1, 0.15) is 56.1 Å². The van der Waals surface area contributed by atoms with Crippen molar-refractivity contribution in [2.45, 2.75) is 65.5 Å². The zero-order valence-electron chi connectivity index (χ0n) is 22.3. The fourth-order valence-corrected chi connectivity index (χ4v) is 5.66. The summed E-state index contributed by atoms with van der Waals surface area (Å²) in [7, 11) is -1.50. The highest BCUT2D eigenvalue weighted by molar-refractivity contribution is 9.11. The third-order valence-electron chi connectivity index (χ3n) is 4.90. The van der Waals surface area contributed by atoms with Gasteiger partial charge in [0.2, 0.25) is 0 Å². The van der Waals surface area contributed by atoms with Gasteiger partial charge in [-0.05, 0) is 102 Å². The summed E-state index contributed by atoms with van der Waals surface area (Å²) >= 11 is 10.1. The van der Waals surface area contributed by atoms with Gasteiger partial charge in [-0.2, -0.15) is 0 Å². The van der Waals surface area contributed by atoms with Gasteiger partial charge in [-0.1, -0.05) is 84.2 Å². The molecule has 36 heavy (non-hydrogen) atoms. The van der Waals surface area contributed by atoms with Crippen LogP contribution in [-0.4, -0.2) is 19.2 Å². The number of benzene rings is 3. The van der Waals surface area contributed by atoms with Crippen LogP contribution in [0.2, 0.25) is 19.6 Å². The molecule has 0 heterocycles. The average molecular weight is 701 g/mol. The molecule has 196 valence electrons. The van der Waals surface area contributed by atoms with Gasteiger partial charge in [-0.3, -0.25) is 4.79 Å². The first-order valence-corrected chi connectivity index (χ1v) is 17.4. The van der Waals surface area contributed by atoms with Gasteiger partial charge in [-0.15, -0.1) is 0 Å². The largest absolute Gasteiger partial charge is 0.409 e. The van der Waals surface area contributed by atoms with E-state index >= 15 is 0 Å².